The van der Waals surface area contributed by atoms with Gasteiger partial charge in [-0.1, -0.05) is 6.07 Å². The van der Waals surface area contributed by atoms with Crippen LogP contribution >= 0.6 is 0 Å². The molecule has 0 N–H and O–H groups in total. The molecule has 0 radical (unpaired) electrons. The van der Waals surface area contributed by atoms with E-state index in [1.54, 1.807) is 0 Å². The molecule has 13 aliphatic rings. The number of halogens is 14. The third-order valence-electron chi connectivity index (χ3n) is 27.3. The van der Waals surface area contributed by atoms with Gasteiger partial charge >= 0.3 is 0 Å². The number of likely N-dealkylation sites (N-methyl/N-ethyl adjacent to an activating group) is 7. The van der Waals surface area contributed by atoms with E-state index in [0.29, 0.717) is 6.04 Å². The fourth-order valence-corrected chi connectivity index (χ4v) is 15.7. The highest BCUT2D eigenvalue weighted by atomic mass is 19.0. The monoisotopic (exact) mass is 1620 g/mol. The number of pyridine rings is 1. The number of fused-ring (bicyclic) bond motifs is 6. The van der Waals surface area contributed by atoms with Crippen molar-refractivity contribution in [2.24, 2.45) is 13.0 Å². The minimum absolute atomic E-state index is 0. The van der Waals surface area contributed by atoms with E-state index < -0.39 is 0 Å². The van der Waals surface area contributed by atoms with E-state index in [0.717, 1.165) is 33.5 Å². The number of nitrogens with zero attached hydrogens (tertiary/aromatic N) is 15. The fourth-order valence-electron chi connectivity index (χ4n) is 15.7. The highest BCUT2D eigenvalue weighted by Gasteiger charge is 2.69. The molecule has 13 aliphatic heterocycles. The summed E-state index contributed by atoms with van der Waals surface area (Å²) in [6.07, 6.45) is 28.2. The van der Waals surface area contributed by atoms with Crippen LogP contribution in [0.25, 0.3) is 0 Å². The Morgan fingerprint density at radius 2 is 0.700 bits per heavy atom. The summed E-state index contributed by atoms with van der Waals surface area (Å²) in [5, 5.41) is 0. The lowest BCUT2D eigenvalue weighted by Crippen LogP contribution is -3.00. The Hall–Kier alpha value is -3.10. The quantitative estimate of drug-likeness (QED) is 0.0869. The summed E-state index contributed by atoms with van der Waals surface area (Å²) in [5.74, 6) is 1.12. The molecule has 672 valence electrons. The summed E-state index contributed by atoms with van der Waals surface area (Å²) in [4.78, 5) is 0. The number of piperazine rings is 4. The fraction of sp³-hybridized carbons (Fsp3) is 0.901. The molecule has 110 heavy (non-hydrogen) atoms. The lowest BCUT2D eigenvalue weighted by Gasteiger charge is -2.52. The first kappa shape index (κ1) is 130. The average Bonchev–Trinajstić information content (AvgIpc) is 1.53. The Labute approximate surface area is 665 Å². The SMILES string of the molecule is C1CC[N+]2(CC1)CCCCC2.CC(C)n1cc[n+](C)c1.CC1C(C)[N+]12CC2.CC[N+](C)(C)CC[N+](C)(CC)CC[N+](C)(C)CC.CC[N+]1(C)CCC1.CC[n+]1ccccc1.C[N+]1(C)CCCC1.C[N+]1(C)CC[N+](C)(C)CC1.C[N+]12CCC(CC1)CC2.C[N+]12CC[N+](C)(CC1)CC2.[F-].[F-].[F-].[F-].[F-].[F-].[F-].[F-].[F-].[F-].[F-].[F-].[F-].[F-]. The van der Waals surface area contributed by atoms with Crippen LogP contribution in [-0.4, -0.2) is 379 Å². The lowest BCUT2D eigenvalue weighted by molar-refractivity contribution is -1.06. The molecule has 15 heterocycles. The van der Waals surface area contributed by atoms with Crippen LogP contribution in [0.3, 0.4) is 0 Å². The van der Waals surface area contributed by atoms with Crippen LogP contribution in [0, 0.1) is 5.92 Å². The number of piperidine rings is 5. The number of likely N-dealkylation sites (tertiary alicyclic amines) is 2. The van der Waals surface area contributed by atoms with Crippen molar-refractivity contribution in [3.8, 4) is 0 Å². The number of imidazole rings is 1. The van der Waals surface area contributed by atoms with Crippen molar-refractivity contribution in [2.45, 2.75) is 164 Å². The van der Waals surface area contributed by atoms with Crippen LogP contribution in [0.15, 0.2) is 49.3 Å². The van der Waals surface area contributed by atoms with Gasteiger partial charge in [0.1, 0.15) is 136 Å². The van der Waals surface area contributed by atoms with Gasteiger partial charge in [-0.3, -0.25) is 0 Å². The van der Waals surface area contributed by atoms with Gasteiger partial charge < -0.3 is 120 Å². The van der Waals surface area contributed by atoms with Gasteiger partial charge in [-0.25, -0.2) is 13.7 Å². The topological polar surface area (TPSA) is 12.7 Å². The van der Waals surface area contributed by atoms with Gasteiger partial charge in [0.15, 0.2) is 12.4 Å². The van der Waals surface area contributed by atoms with E-state index in [2.05, 4.69) is 202 Å². The van der Waals surface area contributed by atoms with Gasteiger partial charge in [0.05, 0.1) is 217 Å². The summed E-state index contributed by atoms with van der Waals surface area (Å²) in [5.41, 5.74) is 0. The lowest BCUT2D eigenvalue weighted by atomic mass is 9.86. The van der Waals surface area contributed by atoms with Crippen LogP contribution in [0.2, 0.25) is 0 Å². The molecule has 0 amide bonds. The van der Waals surface area contributed by atoms with Crippen molar-refractivity contribution < 1.29 is 129 Å². The summed E-state index contributed by atoms with van der Waals surface area (Å²) in [6.45, 7) is 64.3. The van der Waals surface area contributed by atoms with E-state index in [1.165, 1.54) is 325 Å². The third kappa shape index (κ3) is 47.2. The zero-order chi connectivity index (χ0) is 71.8. The molecule has 0 aliphatic carbocycles. The third-order valence-corrected chi connectivity index (χ3v) is 27.3. The zero-order valence-corrected chi connectivity index (χ0v) is 75.0. The summed E-state index contributed by atoms with van der Waals surface area (Å²) < 4.78 is 21.9. The number of hydrogen-bond donors (Lipinski definition) is 0. The summed E-state index contributed by atoms with van der Waals surface area (Å²) in [7, 11) is 37.2. The minimum atomic E-state index is 0. The highest BCUT2D eigenvalue weighted by Crippen LogP contribution is 2.47. The first-order valence-electron chi connectivity index (χ1n) is 40.7. The molecule has 13 fully saturated rings. The summed E-state index contributed by atoms with van der Waals surface area (Å²) >= 11 is 0. The van der Waals surface area contributed by atoms with Crippen molar-refractivity contribution in [1.82, 2.24) is 4.57 Å². The standard InChI is InChI=1S/C15H38N3.C10H20N.C8H18N2.C8H20N2.C8H16N.C7H13N2.C7H10N.C6H12N.2C6H14N.14FH/c1-9-16(4,5)12-14-18(8,11-3)15-13-17(6,7)10-2;1-3-7-11(8-4-1)9-5-2-6-10-11;1-9-3-6-10(2,7-4-9)8-5-9;1-9(2)5-7-10(3,4)8-6-9;1-9-5-2-8(3-6-9)4-7-9;1-7(2)9-5-4-8(3)6-9;1-2-8-6-4-3-5-7-8;1-5-6(2)7(5)3-4-7;1-7(2)5-3-4-6-7;1-3-7(2)5-4-6-7;;;;;;;;;;;;;;/h9-15H2,1-8H3;1-10H2;3-8H2,1-2H3;5-8H2,1-4H3;8H,2-7H2,1H3;4-7H,1-3H3;3-7H,2H2,1H3;5-6H,3-4H2,1-2H3;2*3-6H2,1-2H3;14*1H/q+3;+1;2*+2;6*+1;;;;;;;;;;;;;;/p-14. The molecule has 2 aromatic heterocycles. The van der Waals surface area contributed by atoms with Gasteiger partial charge in [-0.05, 0) is 126 Å². The molecule has 2 unspecified atom stereocenters. The van der Waals surface area contributed by atoms with Crippen LogP contribution in [0.4, 0.5) is 0 Å². The van der Waals surface area contributed by atoms with E-state index in [1.807, 2.05) is 36.0 Å². The maximum Gasteiger partial charge on any atom is 0.243 e. The van der Waals surface area contributed by atoms with Crippen LogP contribution in [-0.2, 0) is 13.6 Å². The molecule has 0 aromatic carbocycles. The Morgan fingerprint density at radius 3 is 0.882 bits per heavy atom. The number of aryl methyl sites for hydroxylation is 2. The Morgan fingerprint density at radius 1 is 0.373 bits per heavy atom. The molecule has 0 saturated carbocycles. The van der Waals surface area contributed by atoms with Crippen LogP contribution < -0.4 is 75.0 Å². The van der Waals surface area contributed by atoms with E-state index >= 15 is 0 Å². The van der Waals surface area contributed by atoms with E-state index in [4.69, 9.17) is 0 Å². The zero-order valence-electron chi connectivity index (χ0n) is 75.0. The maximum atomic E-state index is 2.42. The van der Waals surface area contributed by atoms with Gasteiger partial charge in [0.2, 0.25) is 6.33 Å². The normalized spacial score (nSPS) is 25.3. The molecule has 2 aromatic rings. The van der Waals surface area contributed by atoms with E-state index in [9.17, 15) is 0 Å². The van der Waals surface area contributed by atoms with Crippen molar-refractivity contribution in [1.29, 1.82) is 0 Å². The Bertz CT molecular complexity index is 2310. The maximum absolute atomic E-state index is 2.42. The van der Waals surface area contributed by atoms with Crippen molar-refractivity contribution in [3.63, 3.8) is 0 Å². The smallest absolute Gasteiger partial charge is 0.243 e. The molecule has 29 heteroatoms. The van der Waals surface area contributed by atoms with Crippen LogP contribution in [0.5, 0.6) is 0 Å². The van der Waals surface area contributed by atoms with E-state index in [-0.39, 0.29) is 65.9 Å². The molecule has 15 rings (SSSR count). The van der Waals surface area contributed by atoms with Crippen molar-refractivity contribution in [2.75, 3.05) is 309 Å². The Kier molecular flexibility index (Phi) is 68.6. The number of rotatable bonds is 12. The molecule has 15 nitrogen and oxygen atoms in total. The Balaban J connectivity index is -0.000000110. The second kappa shape index (κ2) is 57.9. The number of hydrogen-bond acceptors (Lipinski definition) is 0. The van der Waals surface area contributed by atoms with Crippen LogP contribution in [0.1, 0.15) is 145 Å². The van der Waals surface area contributed by atoms with Gasteiger partial charge in [-0.2, -0.15) is 0 Å². The predicted molar refractivity (Wildman–Crippen MR) is 412 cm³/mol. The summed E-state index contributed by atoms with van der Waals surface area (Å²) in [6, 6.07) is 8.69. The predicted octanol–water partition coefficient (Wildman–Crippen LogP) is -32.6. The molecular formula is C81H175F14N15. The minimum Gasteiger partial charge on any atom is -1.00 e. The van der Waals surface area contributed by atoms with Gasteiger partial charge in [-0.15, -0.1) is 0 Å². The molecule has 2 spiro atoms. The molecule has 4 bridgehead atoms. The molecular weight excluding hydrogens is 1450 g/mol. The first-order valence-corrected chi connectivity index (χ1v) is 40.7. The first-order chi connectivity index (χ1) is 44.7. The highest BCUT2D eigenvalue weighted by molar-refractivity contribution is 4.87. The molecule has 13 saturated heterocycles. The number of aromatic nitrogens is 3. The van der Waals surface area contributed by atoms with Crippen molar-refractivity contribution >= 4 is 0 Å². The van der Waals surface area contributed by atoms with Gasteiger partial charge in [0.25, 0.3) is 0 Å². The second-order valence-corrected chi connectivity index (χ2v) is 38.2. The number of quaternary nitrogens is 12. The average molecular weight is 1630 g/mol. The second-order valence-electron chi connectivity index (χ2n) is 38.2. The van der Waals surface area contributed by atoms with Gasteiger partial charge in [0, 0.05) is 31.4 Å². The molecule has 2 atom stereocenters. The largest absolute Gasteiger partial charge is 1.00 e. The van der Waals surface area contributed by atoms with Crippen molar-refractivity contribution in [3.05, 3.63) is 49.3 Å².